The molecular weight excluding hydrogens is 319 g/mol. The Labute approximate surface area is 147 Å². The van der Waals surface area contributed by atoms with Crippen LogP contribution in [0.4, 0.5) is 4.39 Å². The van der Waals surface area contributed by atoms with Crippen molar-refractivity contribution in [3.63, 3.8) is 0 Å². The molecule has 0 fully saturated rings. The molecule has 2 rings (SSSR count). The quantitative estimate of drug-likeness (QED) is 0.847. The van der Waals surface area contributed by atoms with E-state index in [1.165, 1.54) is 6.07 Å². The van der Waals surface area contributed by atoms with Crippen LogP contribution in [0.3, 0.4) is 0 Å². The molecule has 0 heterocycles. The third-order valence-electron chi connectivity index (χ3n) is 3.93. The van der Waals surface area contributed by atoms with E-state index in [1.807, 2.05) is 26.8 Å². The van der Waals surface area contributed by atoms with Crippen molar-refractivity contribution in [3.05, 3.63) is 71.0 Å². The molecule has 0 aliphatic rings. The van der Waals surface area contributed by atoms with Crippen LogP contribution in [0.15, 0.2) is 48.5 Å². The van der Waals surface area contributed by atoms with Gasteiger partial charge in [-0.25, -0.2) is 4.39 Å². The molecule has 0 saturated carbocycles. The van der Waals surface area contributed by atoms with Crippen LogP contribution in [0.2, 0.25) is 0 Å². The van der Waals surface area contributed by atoms with E-state index >= 15 is 0 Å². The van der Waals surface area contributed by atoms with Gasteiger partial charge < -0.3 is 10.6 Å². The molecule has 0 bridgehead atoms. The zero-order valence-corrected chi connectivity index (χ0v) is 14.7. The van der Waals surface area contributed by atoms with Gasteiger partial charge in [0.15, 0.2) is 0 Å². The minimum absolute atomic E-state index is 0.0784. The molecule has 0 spiro atoms. The first-order valence-electron chi connectivity index (χ1n) is 8.27. The molecule has 0 saturated heterocycles. The number of aryl methyl sites for hydroxylation is 1. The lowest BCUT2D eigenvalue weighted by Crippen LogP contribution is -2.49. The van der Waals surface area contributed by atoms with Crippen molar-refractivity contribution in [2.45, 2.75) is 33.4 Å². The number of nitrogens with one attached hydrogen (secondary N) is 2. The molecule has 0 aliphatic heterocycles. The van der Waals surface area contributed by atoms with Crippen LogP contribution in [0, 0.1) is 18.7 Å². The fraction of sp³-hybridized carbons (Fsp3) is 0.300. The van der Waals surface area contributed by atoms with Gasteiger partial charge in [0.1, 0.15) is 11.9 Å². The van der Waals surface area contributed by atoms with Crippen LogP contribution in [0.25, 0.3) is 0 Å². The van der Waals surface area contributed by atoms with E-state index < -0.39 is 6.04 Å². The van der Waals surface area contributed by atoms with Crippen LogP contribution in [-0.2, 0) is 11.3 Å². The van der Waals surface area contributed by atoms with Crippen LogP contribution >= 0.6 is 0 Å². The fourth-order valence-electron chi connectivity index (χ4n) is 2.48. The second kappa shape index (κ2) is 8.42. The molecular formula is C20H23FN2O2. The predicted molar refractivity (Wildman–Crippen MR) is 95.5 cm³/mol. The summed E-state index contributed by atoms with van der Waals surface area (Å²) in [5, 5.41) is 5.46. The van der Waals surface area contributed by atoms with Gasteiger partial charge in [-0.3, -0.25) is 9.59 Å². The average molecular weight is 342 g/mol. The molecule has 25 heavy (non-hydrogen) atoms. The summed E-state index contributed by atoms with van der Waals surface area (Å²) in [6.45, 7) is 5.68. The van der Waals surface area contributed by atoms with Gasteiger partial charge in [-0.05, 0) is 31.0 Å². The number of hydrogen-bond donors (Lipinski definition) is 2. The summed E-state index contributed by atoms with van der Waals surface area (Å²) in [4.78, 5) is 24.8. The van der Waals surface area contributed by atoms with Gasteiger partial charge >= 0.3 is 0 Å². The van der Waals surface area contributed by atoms with Gasteiger partial charge in [0.2, 0.25) is 5.91 Å². The van der Waals surface area contributed by atoms with Gasteiger partial charge in [-0.2, -0.15) is 0 Å². The van der Waals surface area contributed by atoms with Gasteiger partial charge in [-0.15, -0.1) is 0 Å². The van der Waals surface area contributed by atoms with E-state index in [9.17, 15) is 14.0 Å². The molecule has 2 aromatic rings. The lowest BCUT2D eigenvalue weighted by Gasteiger charge is -2.22. The smallest absolute Gasteiger partial charge is 0.251 e. The normalized spacial score (nSPS) is 11.9. The molecule has 5 heteroatoms. The fourth-order valence-corrected chi connectivity index (χ4v) is 2.48. The number of carbonyl (C=O) groups excluding carboxylic acids is 2. The first-order valence-corrected chi connectivity index (χ1v) is 8.27. The minimum atomic E-state index is -0.695. The van der Waals surface area contributed by atoms with Crippen molar-refractivity contribution in [3.8, 4) is 0 Å². The van der Waals surface area contributed by atoms with E-state index in [4.69, 9.17) is 0 Å². The summed E-state index contributed by atoms with van der Waals surface area (Å²) in [6.07, 6.45) is 0. The average Bonchev–Trinajstić information content (AvgIpc) is 2.58. The van der Waals surface area contributed by atoms with Crippen molar-refractivity contribution in [1.82, 2.24) is 10.6 Å². The Balaban J connectivity index is 2.03. The maximum absolute atomic E-state index is 13.6. The highest BCUT2D eigenvalue weighted by atomic mass is 19.1. The Bertz CT molecular complexity index is 759. The number of hydrogen-bond acceptors (Lipinski definition) is 2. The molecule has 2 N–H and O–H groups in total. The standard InChI is InChI=1S/C20H23FN2O2/c1-13(2)18(23-19(24)15-9-6-7-14(3)11-15)20(25)22-12-16-8-4-5-10-17(16)21/h4-11,13,18H,12H2,1-3H3,(H,22,25)(H,23,24). The molecule has 1 atom stereocenters. The van der Waals surface area contributed by atoms with Crippen molar-refractivity contribution < 1.29 is 14.0 Å². The molecule has 4 nitrogen and oxygen atoms in total. The molecule has 0 aliphatic carbocycles. The van der Waals surface area contributed by atoms with Gasteiger partial charge in [-0.1, -0.05) is 49.7 Å². The number of benzene rings is 2. The zero-order valence-electron chi connectivity index (χ0n) is 14.7. The van der Waals surface area contributed by atoms with Crippen molar-refractivity contribution in [2.24, 2.45) is 5.92 Å². The summed E-state index contributed by atoms with van der Waals surface area (Å²) in [6, 6.07) is 12.8. The van der Waals surface area contributed by atoms with E-state index in [1.54, 1.807) is 36.4 Å². The van der Waals surface area contributed by atoms with E-state index in [0.29, 0.717) is 11.1 Å². The summed E-state index contributed by atoms with van der Waals surface area (Å²) < 4.78 is 13.6. The van der Waals surface area contributed by atoms with Gasteiger partial charge in [0.25, 0.3) is 5.91 Å². The molecule has 132 valence electrons. The number of halogens is 1. The lowest BCUT2D eigenvalue weighted by atomic mass is 10.0. The number of rotatable bonds is 6. The number of amides is 2. The van der Waals surface area contributed by atoms with Crippen molar-refractivity contribution >= 4 is 11.8 Å². The molecule has 0 radical (unpaired) electrons. The Morgan fingerprint density at radius 1 is 1.08 bits per heavy atom. The highest BCUT2D eigenvalue weighted by Crippen LogP contribution is 2.09. The Hall–Kier alpha value is -2.69. The topological polar surface area (TPSA) is 58.2 Å². The van der Waals surface area contributed by atoms with Crippen LogP contribution in [-0.4, -0.2) is 17.9 Å². The summed E-state index contributed by atoms with van der Waals surface area (Å²) in [5.74, 6) is -1.11. The Kier molecular flexibility index (Phi) is 6.28. The molecule has 1 unspecified atom stereocenters. The Morgan fingerprint density at radius 2 is 1.80 bits per heavy atom. The largest absolute Gasteiger partial charge is 0.350 e. The van der Waals surface area contributed by atoms with Gasteiger partial charge in [0.05, 0.1) is 0 Å². The first-order chi connectivity index (χ1) is 11.9. The lowest BCUT2D eigenvalue weighted by molar-refractivity contribution is -0.124. The van der Waals surface area contributed by atoms with Crippen LogP contribution in [0.1, 0.15) is 35.3 Å². The van der Waals surface area contributed by atoms with E-state index in [2.05, 4.69) is 10.6 Å². The first kappa shape index (κ1) is 18.6. The summed E-state index contributed by atoms with van der Waals surface area (Å²) in [7, 11) is 0. The highest BCUT2D eigenvalue weighted by molar-refractivity contribution is 5.97. The maximum atomic E-state index is 13.6. The van der Waals surface area contributed by atoms with E-state index in [0.717, 1.165) is 5.56 Å². The maximum Gasteiger partial charge on any atom is 0.251 e. The van der Waals surface area contributed by atoms with Crippen molar-refractivity contribution in [2.75, 3.05) is 0 Å². The summed E-state index contributed by atoms with van der Waals surface area (Å²) in [5.41, 5.74) is 1.88. The van der Waals surface area contributed by atoms with Crippen LogP contribution in [0.5, 0.6) is 0 Å². The predicted octanol–water partition coefficient (Wildman–Crippen LogP) is 3.20. The zero-order chi connectivity index (χ0) is 18.4. The second-order valence-corrected chi connectivity index (χ2v) is 6.37. The highest BCUT2D eigenvalue weighted by Gasteiger charge is 2.24. The Morgan fingerprint density at radius 3 is 2.44 bits per heavy atom. The second-order valence-electron chi connectivity index (χ2n) is 6.37. The van der Waals surface area contributed by atoms with Gasteiger partial charge in [0, 0.05) is 17.7 Å². The number of carbonyl (C=O) groups is 2. The molecule has 0 aromatic heterocycles. The van der Waals surface area contributed by atoms with Crippen LogP contribution < -0.4 is 10.6 Å². The summed E-state index contributed by atoms with van der Waals surface area (Å²) >= 11 is 0. The molecule has 2 amide bonds. The molecule has 2 aromatic carbocycles. The SMILES string of the molecule is Cc1cccc(C(=O)NC(C(=O)NCc2ccccc2F)C(C)C)c1. The monoisotopic (exact) mass is 342 g/mol. The third-order valence-corrected chi connectivity index (χ3v) is 3.93. The van der Waals surface area contributed by atoms with Crippen molar-refractivity contribution in [1.29, 1.82) is 0 Å². The minimum Gasteiger partial charge on any atom is -0.350 e. The third kappa shape index (κ3) is 5.14. The van der Waals surface area contributed by atoms with E-state index in [-0.39, 0.29) is 30.1 Å².